The fourth-order valence-corrected chi connectivity index (χ4v) is 1.80. The lowest BCUT2D eigenvalue weighted by molar-refractivity contribution is -0.119. The van der Waals surface area contributed by atoms with Gasteiger partial charge in [0.15, 0.2) is 0 Å². The van der Waals surface area contributed by atoms with Crippen molar-refractivity contribution in [3.8, 4) is 0 Å². The van der Waals surface area contributed by atoms with Gasteiger partial charge in [0.25, 0.3) is 0 Å². The minimum Gasteiger partial charge on any atom is -0.300 e. The molecule has 0 N–H and O–H groups in total. The van der Waals surface area contributed by atoms with E-state index in [1.807, 2.05) is 0 Å². The van der Waals surface area contributed by atoms with Gasteiger partial charge in [0.2, 0.25) is 0 Å². The van der Waals surface area contributed by atoms with Gasteiger partial charge in [-0.15, -0.1) is 11.6 Å². The van der Waals surface area contributed by atoms with Crippen molar-refractivity contribution in [1.82, 2.24) is 0 Å². The van der Waals surface area contributed by atoms with Gasteiger partial charge in [-0.05, 0) is 12.8 Å². The van der Waals surface area contributed by atoms with Crippen molar-refractivity contribution in [1.29, 1.82) is 0 Å². The van der Waals surface area contributed by atoms with E-state index in [9.17, 15) is 4.79 Å². The van der Waals surface area contributed by atoms with Crippen molar-refractivity contribution >= 4 is 17.4 Å². The van der Waals surface area contributed by atoms with E-state index in [1.165, 1.54) is 38.5 Å². The molecule has 1 nitrogen and oxygen atoms in total. The lowest BCUT2D eigenvalue weighted by Crippen LogP contribution is -1.97. The first kappa shape index (κ1) is 15.0. The Bertz CT molecular complexity index is 145. The van der Waals surface area contributed by atoms with Crippen molar-refractivity contribution in [2.45, 2.75) is 71.1 Å². The number of ketones is 1. The number of alkyl halides is 1. The molecule has 0 saturated carbocycles. The SMILES string of the molecule is CCCCCCCCCC(=O)CCCCl. The predicted octanol–water partition coefficient (Wildman–Crippen LogP) is 4.72. The second-order valence-electron chi connectivity index (χ2n) is 4.20. The average molecular weight is 233 g/mol. The van der Waals surface area contributed by atoms with Crippen LogP contribution in [0.3, 0.4) is 0 Å². The molecular weight excluding hydrogens is 208 g/mol. The minimum atomic E-state index is 0.393. The van der Waals surface area contributed by atoms with Crippen LogP contribution in [0.1, 0.15) is 71.1 Å². The summed E-state index contributed by atoms with van der Waals surface area (Å²) >= 11 is 5.53. The largest absolute Gasteiger partial charge is 0.300 e. The van der Waals surface area contributed by atoms with Crippen LogP contribution in [-0.2, 0) is 4.79 Å². The summed E-state index contributed by atoms with van der Waals surface area (Å²) in [5, 5.41) is 0. The van der Waals surface area contributed by atoms with Crippen molar-refractivity contribution in [3.63, 3.8) is 0 Å². The average Bonchev–Trinajstić information content (AvgIpc) is 2.25. The topological polar surface area (TPSA) is 17.1 Å². The van der Waals surface area contributed by atoms with Crippen LogP contribution in [-0.4, -0.2) is 11.7 Å². The van der Waals surface area contributed by atoms with Crippen LogP contribution in [0.15, 0.2) is 0 Å². The maximum Gasteiger partial charge on any atom is 0.132 e. The Hall–Kier alpha value is -0.0400. The van der Waals surface area contributed by atoms with Crippen LogP contribution in [0, 0.1) is 0 Å². The van der Waals surface area contributed by atoms with E-state index in [1.54, 1.807) is 0 Å². The monoisotopic (exact) mass is 232 g/mol. The maximum atomic E-state index is 11.3. The van der Waals surface area contributed by atoms with Crippen LogP contribution in [0.2, 0.25) is 0 Å². The smallest absolute Gasteiger partial charge is 0.132 e. The summed E-state index contributed by atoms with van der Waals surface area (Å²) < 4.78 is 0. The molecule has 0 heterocycles. The number of unbranched alkanes of at least 4 members (excludes halogenated alkanes) is 6. The van der Waals surface area contributed by atoms with E-state index in [0.717, 1.165) is 19.3 Å². The molecule has 0 aliphatic heterocycles. The summed E-state index contributed by atoms with van der Waals surface area (Å²) in [6, 6.07) is 0. The minimum absolute atomic E-state index is 0.393. The molecule has 15 heavy (non-hydrogen) atoms. The summed E-state index contributed by atoms with van der Waals surface area (Å²) in [6.07, 6.45) is 11.2. The number of halogens is 1. The van der Waals surface area contributed by atoms with E-state index in [4.69, 9.17) is 11.6 Å². The van der Waals surface area contributed by atoms with Gasteiger partial charge in [0.1, 0.15) is 5.78 Å². The van der Waals surface area contributed by atoms with Crippen LogP contribution in [0.4, 0.5) is 0 Å². The molecule has 0 fully saturated rings. The molecule has 0 radical (unpaired) electrons. The Morgan fingerprint density at radius 2 is 1.40 bits per heavy atom. The summed E-state index contributed by atoms with van der Waals surface area (Å²) in [6.45, 7) is 2.23. The van der Waals surface area contributed by atoms with E-state index in [-0.39, 0.29) is 0 Å². The lowest BCUT2D eigenvalue weighted by atomic mass is 10.1. The molecule has 0 aliphatic rings. The van der Waals surface area contributed by atoms with Gasteiger partial charge < -0.3 is 0 Å². The van der Waals surface area contributed by atoms with Crippen LogP contribution < -0.4 is 0 Å². The third-order valence-electron chi connectivity index (χ3n) is 2.65. The number of hydrogen-bond donors (Lipinski definition) is 0. The standard InChI is InChI=1S/C13H25ClO/c1-2-3-4-5-6-7-8-10-13(15)11-9-12-14/h2-12H2,1H3. The molecule has 0 rings (SSSR count). The fraction of sp³-hybridized carbons (Fsp3) is 0.923. The van der Waals surface area contributed by atoms with Gasteiger partial charge >= 0.3 is 0 Å². The van der Waals surface area contributed by atoms with Crippen LogP contribution >= 0.6 is 11.6 Å². The van der Waals surface area contributed by atoms with Gasteiger partial charge in [-0.3, -0.25) is 4.79 Å². The molecular formula is C13H25ClO. The van der Waals surface area contributed by atoms with Gasteiger partial charge in [-0.2, -0.15) is 0 Å². The Labute approximate surface area is 99.6 Å². The first-order valence-electron chi connectivity index (χ1n) is 6.39. The molecule has 0 aromatic heterocycles. The van der Waals surface area contributed by atoms with Crippen molar-refractivity contribution in [2.75, 3.05) is 5.88 Å². The highest BCUT2D eigenvalue weighted by Gasteiger charge is 2.00. The summed E-state index contributed by atoms with van der Waals surface area (Å²) in [7, 11) is 0. The molecule has 0 amide bonds. The molecule has 0 aromatic carbocycles. The maximum absolute atomic E-state index is 11.3. The molecule has 0 unspecified atom stereocenters. The Morgan fingerprint density at radius 3 is 2.00 bits per heavy atom. The van der Waals surface area contributed by atoms with E-state index < -0.39 is 0 Å². The Morgan fingerprint density at radius 1 is 0.867 bits per heavy atom. The number of hydrogen-bond acceptors (Lipinski definition) is 1. The van der Waals surface area contributed by atoms with Crippen LogP contribution in [0.25, 0.3) is 0 Å². The quantitative estimate of drug-likeness (QED) is 0.372. The van der Waals surface area contributed by atoms with Gasteiger partial charge in [0, 0.05) is 18.7 Å². The molecule has 0 spiro atoms. The predicted molar refractivity (Wildman–Crippen MR) is 67.6 cm³/mol. The first-order valence-corrected chi connectivity index (χ1v) is 6.92. The highest BCUT2D eigenvalue weighted by molar-refractivity contribution is 6.17. The number of carbonyl (C=O) groups is 1. The highest BCUT2D eigenvalue weighted by Crippen LogP contribution is 2.09. The van der Waals surface area contributed by atoms with E-state index in [2.05, 4.69) is 6.92 Å². The fourth-order valence-electron chi connectivity index (χ4n) is 1.67. The summed E-state index contributed by atoms with van der Waals surface area (Å²) in [5.74, 6) is 1.01. The molecule has 0 atom stereocenters. The molecule has 0 aliphatic carbocycles. The van der Waals surface area contributed by atoms with E-state index >= 15 is 0 Å². The molecule has 2 heteroatoms. The molecule has 0 bridgehead atoms. The lowest BCUT2D eigenvalue weighted by Gasteiger charge is -2.01. The number of Topliss-reactive ketones (excluding diaryl/α,β-unsaturated/α-hetero) is 1. The second-order valence-corrected chi connectivity index (χ2v) is 4.58. The van der Waals surface area contributed by atoms with Crippen molar-refractivity contribution < 1.29 is 4.79 Å². The van der Waals surface area contributed by atoms with E-state index in [0.29, 0.717) is 18.1 Å². The normalized spacial score (nSPS) is 10.5. The van der Waals surface area contributed by atoms with Crippen molar-refractivity contribution in [3.05, 3.63) is 0 Å². The number of rotatable bonds is 11. The summed E-state index contributed by atoms with van der Waals surface area (Å²) in [4.78, 5) is 11.3. The molecule has 0 saturated heterocycles. The van der Waals surface area contributed by atoms with Gasteiger partial charge in [-0.25, -0.2) is 0 Å². The van der Waals surface area contributed by atoms with Crippen LogP contribution in [0.5, 0.6) is 0 Å². The second kappa shape index (κ2) is 12.0. The third-order valence-corrected chi connectivity index (χ3v) is 2.92. The molecule has 90 valence electrons. The Kier molecular flexibility index (Phi) is 12.0. The zero-order chi connectivity index (χ0) is 11.4. The Balaban J connectivity index is 3.06. The van der Waals surface area contributed by atoms with Gasteiger partial charge in [0.05, 0.1) is 0 Å². The summed E-state index contributed by atoms with van der Waals surface area (Å²) in [5.41, 5.74) is 0. The zero-order valence-corrected chi connectivity index (χ0v) is 10.8. The van der Waals surface area contributed by atoms with Crippen molar-refractivity contribution in [2.24, 2.45) is 0 Å². The highest BCUT2D eigenvalue weighted by atomic mass is 35.5. The number of carbonyl (C=O) groups excluding carboxylic acids is 1. The zero-order valence-electron chi connectivity index (χ0n) is 10.1. The van der Waals surface area contributed by atoms with Gasteiger partial charge in [-0.1, -0.05) is 45.4 Å². The third kappa shape index (κ3) is 11.9. The molecule has 0 aromatic rings. The first-order chi connectivity index (χ1) is 7.31.